The third kappa shape index (κ3) is 2.01. The van der Waals surface area contributed by atoms with Crippen molar-refractivity contribution < 1.29 is 0 Å². The summed E-state index contributed by atoms with van der Waals surface area (Å²) < 4.78 is 0. The molecule has 0 heterocycles. The van der Waals surface area contributed by atoms with Crippen LogP contribution >= 0.6 is 0 Å². The molecule has 0 spiro atoms. The van der Waals surface area contributed by atoms with Crippen LogP contribution in [0.3, 0.4) is 0 Å². The standard InChI is InChI=1S/C25H20/c1-16(2)23-15-17-9-3-4-10-18(17)24-21-13-7-5-11-19(21)20-12-6-8-14-22(20)25(23)24/h3-16H,1-2H3. The van der Waals surface area contributed by atoms with Crippen LogP contribution in [0.25, 0.3) is 43.1 Å². The van der Waals surface area contributed by atoms with Crippen molar-refractivity contribution in [3.63, 3.8) is 0 Å². The Hall–Kier alpha value is -2.86. The lowest BCUT2D eigenvalue weighted by molar-refractivity contribution is 0.879. The van der Waals surface area contributed by atoms with Crippen LogP contribution in [0.4, 0.5) is 0 Å². The maximum absolute atomic E-state index is 2.39. The molecule has 0 fully saturated rings. The number of hydrogen-bond donors (Lipinski definition) is 0. The van der Waals surface area contributed by atoms with Crippen LogP contribution in [0.15, 0.2) is 78.9 Å². The molecule has 0 amide bonds. The molecule has 0 atom stereocenters. The van der Waals surface area contributed by atoms with Crippen LogP contribution in [0.2, 0.25) is 0 Å². The predicted octanol–water partition coefficient (Wildman–Crippen LogP) is 7.42. The van der Waals surface area contributed by atoms with E-state index in [9.17, 15) is 0 Å². The van der Waals surface area contributed by atoms with Crippen molar-refractivity contribution >= 4 is 43.1 Å². The highest BCUT2D eigenvalue weighted by Crippen LogP contribution is 2.42. The molecular formula is C25H20. The summed E-state index contributed by atoms with van der Waals surface area (Å²) >= 11 is 0. The van der Waals surface area contributed by atoms with Crippen molar-refractivity contribution in [1.29, 1.82) is 0 Å². The molecular weight excluding hydrogens is 300 g/mol. The second-order valence-corrected chi connectivity index (χ2v) is 7.18. The molecule has 0 N–H and O–H groups in total. The fraction of sp³-hybridized carbons (Fsp3) is 0.120. The zero-order valence-corrected chi connectivity index (χ0v) is 14.6. The normalized spacial score (nSPS) is 12.0. The van der Waals surface area contributed by atoms with Gasteiger partial charge in [0.2, 0.25) is 0 Å². The highest BCUT2D eigenvalue weighted by Gasteiger charge is 2.15. The molecule has 5 rings (SSSR count). The lowest BCUT2D eigenvalue weighted by atomic mass is 9.85. The Bertz CT molecular complexity index is 1260. The zero-order valence-electron chi connectivity index (χ0n) is 14.6. The van der Waals surface area contributed by atoms with Crippen molar-refractivity contribution in [2.45, 2.75) is 19.8 Å². The van der Waals surface area contributed by atoms with Crippen LogP contribution < -0.4 is 0 Å². The van der Waals surface area contributed by atoms with Gasteiger partial charge in [0.25, 0.3) is 0 Å². The summed E-state index contributed by atoms with van der Waals surface area (Å²) in [6.07, 6.45) is 0. The summed E-state index contributed by atoms with van der Waals surface area (Å²) in [5.41, 5.74) is 1.44. The molecule has 0 radical (unpaired) electrons. The van der Waals surface area contributed by atoms with E-state index in [4.69, 9.17) is 0 Å². The van der Waals surface area contributed by atoms with Crippen molar-refractivity contribution in [2.24, 2.45) is 0 Å². The summed E-state index contributed by atoms with van der Waals surface area (Å²) in [7, 11) is 0. The summed E-state index contributed by atoms with van der Waals surface area (Å²) in [4.78, 5) is 0. The van der Waals surface area contributed by atoms with Crippen molar-refractivity contribution in [3.05, 3.63) is 84.4 Å². The van der Waals surface area contributed by atoms with E-state index >= 15 is 0 Å². The van der Waals surface area contributed by atoms with Gasteiger partial charge in [0.05, 0.1) is 0 Å². The minimum Gasteiger partial charge on any atom is -0.0616 e. The third-order valence-electron chi connectivity index (χ3n) is 5.38. The van der Waals surface area contributed by atoms with Gasteiger partial charge in [0.15, 0.2) is 0 Å². The quantitative estimate of drug-likeness (QED) is 0.282. The van der Waals surface area contributed by atoms with Gasteiger partial charge in [-0.05, 0) is 54.6 Å². The molecule has 0 saturated heterocycles. The molecule has 0 aromatic heterocycles. The fourth-order valence-corrected chi connectivity index (χ4v) is 4.27. The molecule has 0 saturated carbocycles. The fourth-order valence-electron chi connectivity index (χ4n) is 4.27. The third-order valence-corrected chi connectivity index (χ3v) is 5.38. The first-order valence-electron chi connectivity index (χ1n) is 9.00. The van der Waals surface area contributed by atoms with E-state index in [1.807, 2.05) is 0 Å². The smallest absolute Gasteiger partial charge is 0.00175 e. The number of fused-ring (bicyclic) bond motifs is 8. The van der Waals surface area contributed by atoms with Crippen molar-refractivity contribution in [3.8, 4) is 0 Å². The molecule has 0 aliphatic rings. The van der Waals surface area contributed by atoms with E-state index in [1.54, 1.807) is 0 Å². The highest BCUT2D eigenvalue weighted by atomic mass is 14.2. The van der Waals surface area contributed by atoms with E-state index in [0.29, 0.717) is 5.92 Å². The second kappa shape index (κ2) is 5.32. The van der Waals surface area contributed by atoms with Crippen LogP contribution in [-0.4, -0.2) is 0 Å². The molecule has 0 unspecified atom stereocenters. The highest BCUT2D eigenvalue weighted by molar-refractivity contribution is 6.32. The number of hydrogen-bond acceptors (Lipinski definition) is 0. The number of rotatable bonds is 1. The predicted molar refractivity (Wildman–Crippen MR) is 111 cm³/mol. The minimum absolute atomic E-state index is 0.483. The topological polar surface area (TPSA) is 0 Å². The molecule has 120 valence electrons. The van der Waals surface area contributed by atoms with Gasteiger partial charge >= 0.3 is 0 Å². The van der Waals surface area contributed by atoms with Gasteiger partial charge in [0.1, 0.15) is 0 Å². The first-order chi connectivity index (χ1) is 12.3. The monoisotopic (exact) mass is 320 g/mol. The average Bonchev–Trinajstić information content (AvgIpc) is 2.67. The van der Waals surface area contributed by atoms with Gasteiger partial charge in [-0.3, -0.25) is 0 Å². The Balaban J connectivity index is 2.24. The first-order valence-corrected chi connectivity index (χ1v) is 9.00. The van der Waals surface area contributed by atoms with Gasteiger partial charge in [0, 0.05) is 0 Å². The van der Waals surface area contributed by atoms with E-state index in [1.165, 1.54) is 48.7 Å². The molecule has 0 aliphatic heterocycles. The zero-order chi connectivity index (χ0) is 17.0. The van der Waals surface area contributed by atoms with Crippen molar-refractivity contribution in [1.82, 2.24) is 0 Å². The van der Waals surface area contributed by atoms with Gasteiger partial charge < -0.3 is 0 Å². The molecule has 0 heteroatoms. The summed E-state index contributed by atoms with van der Waals surface area (Å²) in [6.45, 7) is 4.60. The molecule has 0 aliphatic carbocycles. The van der Waals surface area contributed by atoms with Crippen LogP contribution in [0.1, 0.15) is 25.3 Å². The van der Waals surface area contributed by atoms with Crippen LogP contribution in [0.5, 0.6) is 0 Å². The van der Waals surface area contributed by atoms with E-state index in [-0.39, 0.29) is 0 Å². The average molecular weight is 320 g/mol. The lowest BCUT2D eigenvalue weighted by Gasteiger charge is -2.18. The Morgan fingerprint density at radius 3 is 1.60 bits per heavy atom. The summed E-state index contributed by atoms with van der Waals surface area (Å²) in [5, 5.41) is 10.9. The Labute approximate surface area is 147 Å². The molecule has 5 aromatic rings. The largest absolute Gasteiger partial charge is 0.0616 e. The molecule has 0 bridgehead atoms. The maximum Gasteiger partial charge on any atom is -0.00175 e. The molecule has 5 aromatic carbocycles. The Kier molecular flexibility index (Phi) is 3.08. The van der Waals surface area contributed by atoms with Crippen LogP contribution in [-0.2, 0) is 0 Å². The van der Waals surface area contributed by atoms with Crippen LogP contribution in [0, 0.1) is 0 Å². The Morgan fingerprint density at radius 2 is 1.00 bits per heavy atom. The van der Waals surface area contributed by atoms with E-state index < -0.39 is 0 Å². The number of benzene rings is 5. The first kappa shape index (κ1) is 14.5. The second-order valence-electron chi connectivity index (χ2n) is 7.18. The SMILES string of the molecule is CC(C)c1cc2ccccc2c2c3ccccc3c3ccccc3c12. The molecule has 25 heavy (non-hydrogen) atoms. The van der Waals surface area contributed by atoms with Gasteiger partial charge in [-0.1, -0.05) is 92.7 Å². The minimum atomic E-state index is 0.483. The lowest BCUT2D eigenvalue weighted by Crippen LogP contribution is -1.93. The van der Waals surface area contributed by atoms with E-state index in [2.05, 4.69) is 92.7 Å². The summed E-state index contributed by atoms with van der Waals surface area (Å²) in [6, 6.07) is 28.9. The summed E-state index contributed by atoms with van der Waals surface area (Å²) in [5.74, 6) is 0.483. The maximum atomic E-state index is 2.39. The van der Waals surface area contributed by atoms with Crippen molar-refractivity contribution in [2.75, 3.05) is 0 Å². The Morgan fingerprint density at radius 1 is 0.520 bits per heavy atom. The molecule has 0 nitrogen and oxygen atoms in total. The van der Waals surface area contributed by atoms with Gasteiger partial charge in [-0.2, -0.15) is 0 Å². The van der Waals surface area contributed by atoms with Gasteiger partial charge in [-0.15, -0.1) is 0 Å². The van der Waals surface area contributed by atoms with Gasteiger partial charge in [-0.25, -0.2) is 0 Å². The van der Waals surface area contributed by atoms with E-state index in [0.717, 1.165) is 0 Å².